The molecule has 0 radical (unpaired) electrons. The smallest absolute Gasteiger partial charge is 0.425 e. The topological polar surface area (TPSA) is 467 Å². The molecule has 0 saturated heterocycles. The van der Waals surface area contributed by atoms with Gasteiger partial charge in [0.2, 0.25) is 5.88 Å². The number of hydrogen-bond donors (Lipinski definition) is 5. The lowest BCUT2D eigenvalue weighted by Crippen LogP contribution is -2.08. The Labute approximate surface area is 416 Å². The van der Waals surface area contributed by atoms with Gasteiger partial charge in [-0.3, -0.25) is 13.7 Å². The summed E-state index contributed by atoms with van der Waals surface area (Å²) < 4.78 is 157. The molecule has 0 aliphatic carbocycles. The molecule has 4 aromatic carbocycles. The molecule has 37 heteroatoms. The average molecular weight is 1140 g/mol. The molecule has 0 fully saturated rings. The highest BCUT2D eigenvalue weighted by Gasteiger charge is 2.23. The molecular weight excluding hydrogens is 1100 g/mol. The molecule has 0 unspecified atom stereocenters. The van der Waals surface area contributed by atoms with Crippen LogP contribution >= 0.6 is 23.1 Å². The van der Waals surface area contributed by atoms with Crippen molar-refractivity contribution in [2.75, 3.05) is 18.1 Å². The van der Waals surface area contributed by atoms with Gasteiger partial charge < -0.3 is 14.9 Å². The van der Waals surface area contributed by atoms with Gasteiger partial charge in [-0.15, -0.1) is 66.1 Å². The second-order valence-electron chi connectivity index (χ2n) is 13.0. The molecule has 0 bridgehead atoms. The Kier molecular flexibility index (Phi) is 22.1. The number of fused-ring (bicyclic) bond motifs is 1. The van der Waals surface area contributed by atoms with Gasteiger partial charge in [0.15, 0.2) is 15.8 Å². The van der Waals surface area contributed by atoms with Crippen LogP contribution in [0.5, 0.6) is 17.4 Å². The molecule has 0 aliphatic rings. The molecule has 6 rings (SSSR count). The van der Waals surface area contributed by atoms with Crippen molar-refractivity contribution in [2.45, 2.75) is 40.8 Å². The Morgan fingerprint density at radius 3 is 1.86 bits per heavy atom. The number of rotatable bonds is 17. The standard InChI is InChI=1S/C34H32N10O12S5.CO2.2O3S/c1-3-14-57-34-43-42-33(58-34)41-38-26-17-29(56-13-4-15-59(47,48)49)27(16-19(26)2)39-36-24-11-10-23-22(30(24)45)9-12-25(31(23)61(53,54)55)37-40-28-18-35-44(32(28)46)20-5-7-21(8-6-20)60(50,51)52;2-1-3;2*1-4(2)3/h5-12,16-18,45-46H,3-4,13-15H2,1-2H3,(H,47,48,49)(H,50,51,52)(H,53,54,55);;;. The van der Waals surface area contributed by atoms with Gasteiger partial charge in [-0.1, -0.05) is 36.1 Å². The van der Waals surface area contributed by atoms with Crippen LogP contribution in [0.1, 0.15) is 25.3 Å². The van der Waals surface area contributed by atoms with Crippen molar-refractivity contribution in [2.24, 2.45) is 30.7 Å². The third-order valence-corrected chi connectivity index (χ3v) is 12.9. The molecule has 0 spiro atoms. The van der Waals surface area contributed by atoms with Crippen LogP contribution in [0.25, 0.3) is 16.5 Å². The minimum atomic E-state index is -5.04. The molecule has 2 aromatic heterocycles. The van der Waals surface area contributed by atoms with Crippen LogP contribution in [0, 0.1) is 6.92 Å². The third-order valence-electron chi connectivity index (χ3n) is 8.12. The number of aromatic nitrogens is 4. The van der Waals surface area contributed by atoms with Crippen molar-refractivity contribution in [1.29, 1.82) is 0 Å². The number of hydrogen-bond acceptors (Lipinski definition) is 28. The maximum absolute atomic E-state index is 12.7. The number of ether oxygens (including phenoxy) is 1. The average Bonchev–Trinajstić information content (AvgIpc) is 3.90. The van der Waals surface area contributed by atoms with E-state index in [1.54, 1.807) is 24.8 Å². The van der Waals surface area contributed by atoms with E-state index in [9.17, 15) is 44.6 Å². The first-order valence-corrected chi connectivity index (χ1v) is 27.1. The van der Waals surface area contributed by atoms with Gasteiger partial charge in [-0.25, -0.2) is 0 Å². The van der Waals surface area contributed by atoms with Crippen LogP contribution in [-0.4, -0.2) is 119 Å². The molecule has 0 amide bonds. The van der Waals surface area contributed by atoms with Crippen LogP contribution in [0.4, 0.5) is 33.6 Å². The predicted octanol–water partition coefficient (Wildman–Crippen LogP) is 5.90. The lowest BCUT2D eigenvalue weighted by atomic mass is 10.1. The van der Waals surface area contributed by atoms with Gasteiger partial charge in [-0.05, 0) is 73.9 Å². The summed E-state index contributed by atoms with van der Waals surface area (Å²) in [5.41, 5.74) is 0.416. The van der Waals surface area contributed by atoms with Gasteiger partial charge in [0, 0.05) is 22.6 Å². The van der Waals surface area contributed by atoms with E-state index >= 15 is 0 Å². The van der Waals surface area contributed by atoms with E-state index in [2.05, 4.69) is 46.0 Å². The number of aryl methyl sites for hydroxylation is 1. The van der Waals surface area contributed by atoms with E-state index < -0.39 is 78.7 Å². The number of benzene rings is 4. The highest BCUT2D eigenvalue weighted by atomic mass is 32.2. The normalized spacial score (nSPS) is 11.6. The number of nitrogens with zero attached hydrogens (tertiary/aromatic N) is 10. The Morgan fingerprint density at radius 1 is 0.722 bits per heavy atom. The maximum atomic E-state index is 12.7. The summed E-state index contributed by atoms with van der Waals surface area (Å²) in [5, 5.41) is 58.7. The van der Waals surface area contributed by atoms with Crippen LogP contribution in [0.2, 0.25) is 0 Å². The summed E-state index contributed by atoms with van der Waals surface area (Å²) in [6, 6.07) is 12.5. The minimum absolute atomic E-state index is 0.0760. The zero-order valence-corrected chi connectivity index (χ0v) is 41.8. The number of phenols is 1. The van der Waals surface area contributed by atoms with Crippen molar-refractivity contribution < 1.29 is 88.7 Å². The first kappa shape index (κ1) is 59.1. The fraction of sp³-hybridized carbons (Fsp3) is 0.200. The second-order valence-corrected chi connectivity index (χ2v) is 20.5. The molecule has 72 heavy (non-hydrogen) atoms. The van der Waals surface area contributed by atoms with E-state index in [1.165, 1.54) is 47.7 Å². The Hall–Kier alpha value is -7.19. The summed E-state index contributed by atoms with van der Waals surface area (Å²) in [4.78, 5) is 15.1. The Morgan fingerprint density at radius 2 is 1.28 bits per heavy atom. The molecule has 30 nitrogen and oxygen atoms in total. The maximum Gasteiger partial charge on any atom is 0.425 e. The second kappa shape index (κ2) is 26.9. The van der Waals surface area contributed by atoms with Crippen LogP contribution in [0.15, 0.2) is 112 Å². The quantitative estimate of drug-likeness (QED) is 0.0307. The number of azo groups is 3. The van der Waals surface area contributed by atoms with E-state index in [-0.39, 0.29) is 64.1 Å². The van der Waals surface area contributed by atoms with E-state index in [0.717, 1.165) is 45.6 Å². The highest BCUT2D eigenvalue weighted by molar-refractivity contribution is 8.01. The molecule has 384 valence electrons. The lowest BCUT2D eigenvalue weighted by molar-refractivity contribution is -0.191. The van der Waals surface area contributed by atoms with Gasteiger partial charge in [-0.2, -0.15) is 44.6 Å². The highest BCUT2D eigenvalue weighted by Crippen LogP contribution is 2.43. The van der Waals surface area contributed by atoms with Gasteiger partial charge in [0.05, 0.1) is 34.8 Å². The number of phenolic OH excluding ortho intramolecular Hbond substituents is 1. The van der Waals surface area contributed by atoms with Gasteiger partial charge in [0.1, 0.15) is 27.7 Å². The van der Waals surface area contributed by atoms with Crippen LogP contribution < -0.4 is 4.74 Å². The Balaban J connectivity index is 0.00000113. The summed E-state index contributed by atoms with van der Waals surface area (Å²) in [6.07, 6.45) is 2.21. The van der Waals surface area contributed by atoms with Crippen LogP contribution in [0.3, 0.4) is 0 Å². The molecule has 0 aliphatic heterocycles. The predicted molar refractivity (Wildman–Crippen MR) is 246 cm³/mol. The van der Waals surface area contributed by atoms with Gasteiger partial charge >= 0.3 is 27.4 Å². The largest absolute Gasteiger partial charge is 0.505 e. The summed E-state index contributed by atoms with van der Waals surface area (Å²) >= 11 is 2.80. The number of carbonyl (C=O) groups excluding carboxylic acids is 2. The Bertz CT molecular complexity index is 3600. The third kappa shape index (κ3) is 18.5. The fourth-order valence-electron chi connectivity index (χ4n) is 5.31. The fourth-order valence-corrected chi connectivity index (χ4v) is 8.69. The first-order valence-electron chi connectivity index (χ1n) is 18.8. The minimum Gasteiger partial charge on any atom is -0.505 e. The summed E-state index contributed by atoms with van der Waals surface area (Å²) in [5.74, 6) is -0.728. The molecule has 0 atom stereocenters. The number of aromatic hydroxyl groups is 2. The van der Waals surface area contributed by atoms with Crippen molar-refractivity contribution in [3.8, 4) is 23.1 Å². The van der Waals surface area contributed by atoms with Gasteiger partial charge in [0.25, 0.3) is 35.5 Å². The molecule has 5 N–H and O–H groups in total. The zero-order valence-electron chi connectivity index (χ0n) is 36.1. The molecule has 2 heterocycles. The summed E-state index contributed by atoms with van der Waals surface area (Å²) in [7, 11) is -20.0. The van der Waals surface area contributed by atoms with E-state index in [1.807, 2.05) is 6.92 Å². The van der Waals surface area contributed by atoms with Crippen molar-refractivity contribution >= 4 is 125 Å². The lowest BCUT2D eigenvalue weighted by Gasteiger charge is -2.11. The monoisotopic (exact) mass is 1140 g/mol. The number of thioether (sulfide) groups is 1. The first-order chi connectivity index (χ1) is 33.7. The van der Waals surface area contributed by atoms with E-state index in [4.69, 9.17) is 44.1 Å². The zero-order chi connectivity index (χ0) is 54.0. The molecule has 0 saturated carbocycles. The SMILES string of the molecule is CCCSc1nnc(N=Nc2cc(OCCCS(=O)(=O)O)c(N=Nc3ccc4c(S(=O)(=O)O)c(N=Nc5cnn(-c6ccc(S(=O)(=O)O)cc6)c5O)ccc4c3O)cc2C)s1.O=C=O.O=S(=O)=O.O=S(=O)=O. The van der Waals surface area contributed by atoms with Crippen molar-refractivity contribution in [3.63, 3.8) is 0 Å². The molecular formula is C35H32N10O20S7. The molecule has 6 aromatic rings. The van der Waals surface area contributed by atoms with Crippen LogP contribution in [-0.2, 0) is 61.2 Å². The van der Waals surface area contributed by atoms with E-state index in [0.29, 0.717) is 16.4 Å². The van der Waals surface area contributed by atoms with Crippen molar-refractivity contribution in [1.82, 2.24) is 20.0 Å². The van der Waals surface area contributed by atoms with Crippen molar-refractivity contribution in [3.05, 3.63) is 72.4 Å². The summed E-state index contributed by atoms with van der Waals surface area (Å²) in [6.45, 7) is 3.59.